The molecule has 0 spiro atoms. The fourth-order valence-electron chi connectivity index (χ4n) is 2.05. The Hall–Kier alpha value is -3.00. The quantitative estimate of drug-likeness (QED) is 0.763. The number of hydrogen-bond donors (Lipinski definition) is 2. The number of nitrogens with zero attached hydrogens (tertiary/aromatic N) is 3. The van der Waals surface area contributed by atoms with Crippen LogP contribution in [0, 0.1) is 6.92 Å². The molecule has 3 aromatic rings. The van der Waals surface area contributed by atoms with Gasteiger partial charge in [-0.1, -0.05) is 18.2 Å². The largest absolute Gasteiger partial charge is 0.307 e. The Morgan fingerprint density at radius 1 is 1.12 bits per heavy atom. The summed E-state index contributed by atoms with van der Waals surface area (Å²) in [6.07, 6.45) is 1.68. The van der Waals surface area contributed by atoms with Gasteiger partial charge in [0.05, 0.1) is 0 Å². The number of hydrogen-bond acceptors (Lipinski definition) is 5. The van der Waals surface area contributed by atoms with Crippen LogP contribution in [-0.4, -0.2) is 26.6 Å². The SMILES string of the molecule is Cc1cnc(NC(=O)c2cc(NC(=O)c3ccccc3)n(C)n2)s1. The Balaban J connectivity index is 1.73. The molecule has 0 aliphatic heterocycles. The highest BCUT2D eigenvalue weighted by molar-refractivity contribution is 7.15. The van der Waals surface area contributed by atoms with Gasteiger partial charge in [0.15, 0.2) is 10.8 Å². The van der Waals surface area contributed by atoms with E-state index in [-0.39, 0.29) is 17.5 Å². The van der Waals surface area contributed by atoms with E-state index in [1.807, 2.05) is 13.0 Å². The molecule has 0 atom stereocenters. The van der Waals surface area contributed by atoms with Crippen LogP contribution in [0.4, 0.5) is 10.9 Å². The number of rotatable bonds is 4. The van der Waals surface area contributed by atoms with Gasteiger partial charge in [-0.3, -0.25) is 19.6 Å². The number of anilines is 2. The van der Waals surface area contributed by atoms with Crippen LogP contribution >= 0.6 is 11.3 Å². The number of amides is 2. The minimum Gasteiger partial charge on any atom is -0.307 e. The minimum absolute atomic E-state index is 0.203. The van der Waals surface area contributed by atoms with E-state index < -0.39 is 0 Å². The molecule has 3 rings (SSSR count). The number of nitrogens with one attached hydrogen (secondary N) is 2. The molecule has 2 amide bonds. The van der Waals surface area contributed by atoms with Crippen molar-refractivity contribution in [2.75, 3.05) is 10.6 Å². The van der Waals surface area contributed by atoms with Gasteiger partial charge in [-0.25, -0.2) is 4.98 Å². The molecule has 0 unspecified atom stereocenters. The second-order valence-corrected chi connectivity index (χ2v) is 6.32. The maximum Gasteiger partial charge on any atom is 0.278 e. The molecule has 122 valence electrons. The normalized spacial score (nSPS) is 10.4. The highest BCUT2D eigenvalue weighted by Crippen LogP contribution is 2.18. The maximum absolute atomic E-state index is 12.2. The van der Waals surface area contributed by atoms with Gasteiger partial charge in [-0.15, -0.1) is 11.3 Å². The fraction of sp³-hybridized carbons (Fsp3) is 0.125. The first-order valence-electron chi connectivity index (χ1n) is 7.17. The Morgan fingerprint density at radius 3 is 2.54 bits per heavy atom. The number of thiazole rings is 1. The third-order valence-corrected chi connectivity index (χ3v) is 4.06. The van der Waals surface area contributed by atoms with Gasteiger partial charge in [0.2, 0.25) is 0 Å². The molecule has 0 saturated heterocycles. The van der Waals surface area contributed by atoms with Crippen LogP contribution in [0.2, 0.25) is 0 Å². The van der Waals surface area contributed by atoms with Crippen molar-refractivity contribution in [1.29, 1.82) is 0 Å². The maximum atomic E-state index is 12.2. The summed E-state index contributed by atoms with van der Waals surface area (Å²) in [6, 6.07) is 10.4. The Labute approximate surface area is 142 Å². The van der Waals surface area contributed by atoms with E-state index in [0.717, 1.165) is 4.88 Å². The number of carbonyl (C=O) groups is 2. The summed E-state index contributed by atoms with van der Waals surface area (Å²) in [5.74, 6) is -0.203. The van der Waals surface area contributed by atoms with E-state index in [2.05, 4.69) is 20.7 Å². The van der Waals surface area contributed by atoms with Crippen LogP contribution in [0.15, 0.2) is 42.6 Å². The van der Waals surface area contributed by atoms with E-state index in [9.17, 15) is 9.59 Å². The third-order valence-electron chi connectivity index (χ3n) is 3.23. The number of carbonyl (C=O) groups excluding carboxylic acids is 2. The van der Waals surface area contributed by atoms with E-state index in [4.69, 9.17) is 0 Å². The zero-order chi connectivity index (χ0) is 17.1. The Morgan fingerprint density at radius 2 is 1.88 bits per heavy atom. The van der Waals surface area contributed by atoms with Crippen LogP contribution in [0.1, 0.15) is 25.7 Å². The summed E-state index contributed by atoms with van der Waals surface area (Å²) in [5, 5.41) is 10.1. The van der Waals surface area contributed by atoms with Gasteiger partial charge in [0, 0.05) is 29.8 Å². The van der Waals surface area contributed by atoms with Gasteiger partial charge in [-0.05, 0) is 19.1 Å². The average molecular weight is 341 g/mol. The molecule has 2 heterocycles. The molecule has 0 aliphatic carbocycles. The van der Waals surface area contributed by atoms with E-state index in [0.29, 0.717) is 16.5 Å². The zero-order valence-corrected chi connectivity index (χ0v) is 13.9. The van der Waals surface area contributed by atoms with Gasteiger partial charge < -0.3 is 5.32 Å². The van der Waals surface area contributed by atoms with E-state index in [1.165, 1.54) is 22.1 Å². The summed E-state index contributed by atoms with van der Waals surface area (Å²) in [4.78, 5) is 29.5. The molecule has 8 heteroatoms. The molecular weight excluding hydrogens is 326 g/mol. The summed E-state index contributed by atoms with van der Waals surface area (Å²) in [5.41, 5.74) is 0.733. The van der Waals surface area contributed by atoms with Crippen LogP contribution in [-0.2, 0) is 7.05 Å². The van der Waals surface area contributed by atoms with Crippen LogP contribution < -0.4 is 10.6 Å². The lowest BCUT2D eigenvalue weighted by Crippen LogP contribution is -2.14. The first-order chi connectivity index (χ1) is 11.5. The highest BCUT2D eigenvalue weighted by atomic mass is 32.1. The molecule has 0 saturated carbocycles. The van der Waals surface area contributed by atoms with Gasteiger partial charge in [0.1, 0.15) is 5.82 Å². The Kier molecular flexibility index (Phi) is 4.39. The molecule has 24 heavy (non-hydrogen) atoms. The minimum atomic E-state index is -0.375. The van der Waals surface area contributed by atoms with Crippen molar-refractivity contribution in [1.82, 2.24) is 14.8 Å². The van der Waals surface area contributed by atoms with Gasteiger partial charge in [0.25, 0.3) is 11.8 Å². The lowest BCUT2D eigenvalue weighted by molar-refractivity contribution is 0.101. The molecule has 2 N–H and O–H groups in total. The van der Waals surface area contributed by atoms with Crippen molar-refractivity contribution in [3.63, 3.8) is 0 Å². The molecule has 2 aromatic heterocycles. The third kappa shape index (κ3) is 3.49. The van der Waals surface area contributed by atoms with Crippen molar-refractivity contribution < 1.29 is 9.59 Å². The lowest BCUT2D eigenvalue weighted by Gasteiger charge is -2.04. The second kappa shape index (κ2) is 6.63. The topological polar surface area (TPSA) is 88.9 Å². The van der Waals surface area contributed by atoms with Gasteiger partial charge in [-0.2, -0.15) is 5.10 Å². The van der Waals surface area contributed by atoms with E-state index >= 15 is 0 Å². The van der Waals surface area contributed by atoms with Crippen molar-refractivity contribution in [3.05, 3.63) is 58.7 Å². The highest BCUT2D eigenvalue weighted by Gasteiger charge is 2.16. The second-order valence-electron chi connectivity index (χ2n) is 5.09. The first-order valence-corrected chi connectivity index (χ1v) is 7.99. The van der Waals surface area contributed by atoms with Crippen LogP contribution in [0.25, 0.3) is 0 Å². The number of aryl methyl sites for hydroxylation is 2. The summed E-state index contributed by atoms with van der Waals surface area (Å²) in [6.45, 7) is 1.91. The molecule has 0 aliphatic rings. The Bertz CT molecular complexity index is 885. The molecule has 0 radical (unpaired) electrons. The summed E-state index contributed by atoms with van der Waals surface area (Å²) < 4.78 is 1.45. The van der Waals surface area contributed by atoms with Crippen molar-refractivity contribution >= 4 is 34.1 Å². The molecule has 0 bridgehead atoms. The lowest BCUT2D eigenvalue weighted by atomic mass is 10.2. The van der Waals surface area contributed by atoms with E-state index in [1.54, 1.807) is 37.5 Å². The van der Waals surface area contributed by atoms with Gasteiger partial charge >= 0.3 is 0 Å². The monoisotopic (exact) mass is 341 g/mol. The first kappa shape index (κ1) is 15.9. The average Bonchev–Trinajstić information content (AvgIpc) is 3.14. The summed E-state index contributed by atoms with van der Waals surface area (Å²) in [7, 11) is 1.66. The van der Waals surface area contributed by atoms with Crippen LogP contribution in [0.5, 0.6) is 0 Å². The molecule has 1 aromatic carbocycles. The standard InChI is InChI=1S/C16H15N5O2S/c1-10-9-17-16(24-10)19-15(23)12-8-13(21(2)20-12)18-14(22)11-6-4-3-5-7-11/h3-9H,1-2H3,(H,18,22)(H,17,19,23). The van der Waals surface area contributed by atoms with Crippen molar-refractivity contribution in [2.24, 2.45) is 7.05 Å². The smallest absolute Gasteiger partial charge is 0.278 e. The predicted octanol–water partition coefficient (Wildman–Crippen LogP) is 2.69. The fourth-order valence-corrected chi connectivity index (χ4v) is 2.71. The van der Waals surface area contributed by atoms with Crippen molar-refractivity contribution in [2.45, 2.75) is 6.92 Å². The summed E-state index contributed by atoms with van der Waals surface area (Å²) >= 11 is 1.38. The number of aromatic nitrogens is 3. The molecular formula is C16H15N5O2S. The van der Waals surface area contributed by atoms with Crippen molar-refractivity contribution in [3.8, 4) is 0 Å². The van der Waals surface area contributed by atoms with Crippen LogP contribution in [0.3, 0.4) is 0 Å². The molecule has 0 fully saturated rings. The zero-order valence-electron chi connectivity index (χ0n) is 13.1. The number of benzene rings is 1. The molecule has 7 nitrogen and oxygen atoms in total. The predicted molar refractivity (Wildman–Crippen MR) is 92.4 cm³/mol.